The number of carboxylic acid groups (broad SMARTS) is 1. The first-order chi connectivity index (χ1) is 18.2. The molecule has 0 saturated heterocycles. The molecule has 2 heterocycles. The molecule has 0 spiro atoms. The molecule has 2 aromatic rings. The molecule has 0 aliphatic rings. The molecule has 40 heavy (non-hydrogen) atoms. The van der Waals surface area contributed by atoms with Crippen molar-refractivity contribution in [2.45, 2.75) is 65.0 Å². The highest BCUT2D eigenvalue weighted by Crippen LogP contribution is 2.23. The van der Waals surface area contributed by atoms with Crippen LogP contribution in [0.5, 0.6) is 0 Å². The highest BCUT2D eigenvalue weighted by Gasteiger charge is 2.27. The third kappa shape index (κ3) is 10.4. The van der Waals surface area contributed by atoms with Crippen LogP contribution in [0.1, 0.15) is 83.8 Å². The number of aromatic nitrogens is 2. The first kappa shape index (κ1) is 34.3. The molecule has 9 nitrogen and oxygen atoms in total. The summed E-state index contributed by atoms with van der Waals surface area (Å²) in [7, 11) is 0. The SMILES string of the molecule is CC(C)(F)C(=O)NCc1cnc(C(F)F)c(C(=O)Cl)c1.CC(C)(F)C(=O)NCc1cnc(C(F)F)c(C(=O)O)c1. The molecule has 0 atom stereocenters. The van der Waals surface area contributed by atoms with Crippen molar-refractivity contribution < 1.29 is 50.6 Å². The van der Waals surface area contributed by atoms with Gasteiger partial charge < -0.3 is 15.7 Å². The number of halogens is 7. The van der Waals surface area contributed by atoms with E-state index < -0.39 is 69.7 Å². The number of aromatic carboxylic acids is 1. The first-order valence-electron chi connectivity index (χ1n) is 11.2. The van der Waals surface area contributed by atoms with Crippen LogP contribution < -0.4 is 10.6 Å². The van der Waals surface area contributed by atoms with Crippen molar-refractivity contribution in [3.63, 3.8) is 0 Å². The average Bonchev–Trinajstić information content (AvgIpc) is 2.84. The van der Waals surface area contributed by atoms with Crippen LogP contribution in [0.15, 0.2) is 24.5 Å². The van der Waals surface area contributed by atoms with Crippen molar-refractivity contribution in [1.29, 1.82) is 0 Å². The second kappa shape index (κ2) is 14.1. The fraction of sp³-hybridized carbons (Fsp3) is 0.417. The molecule has 220 valence electrons. The Morgan fingerprint density at radius 2 is 1.15 bits per heavy atom. The van der Waals surface area contributed by atoms with Crippen LogP contribution in [-0.4, -0.2) is 49.4 Å². The van der Waals surface area contributed by atoms with Gasteiger partial charge in [-0.05, 0) is 62.6 Å². The van der Waals surface area contributed by atoms with Gasteiger partial charge in [-0.2, -0.15) is 0 Å². The van der Waals surface area contributed by atoms with Crippen LogP contribution in [0.4, 0.5) is 26.3 Å². The molecule has 0 aromatic carbocycles. The highest BCUT2D eigenvalue weighted by molar-refractivity contribution is 6.67. The van der Waals surface area contributed by atoms with Crippen molar-refractivity contribution in [1.82, 2.24) is 20.6 Å². The summed E-state index contributed by atoms with van der Waals surface area (Å²) in [6.07, 6.45) is -3.88. The number of carbonyl (C=O) groups is 4. The zero-order valence-electron chi connectivity index (χ0n) is 21.5. The fourth-order valence-corrected chi connectivity index (χ4v) is 2.84. The zero-order chi connectivity index (χ0) is 31.0. The van der Waals surface area contributed by atoms with Gasteiger partial charge in [0.2, 0.25) is 0 Å². The van der Waals surface area contributed by atoms with E-state index in [9.17, 15) is 45.5 Å². The van der Waals surface area contributed by atoms with Gasteiger partial charge >= 0.3 is 5.97 Å². The Morgan fingerprint density at radius 3 is 1.45 bits per heavy atom. The lowest BCUT2D eigenvalue weighted by Crippen LogP contribution is -2.38. The standard InChI is InChI=1S/C12H12ClF3N2O2.C12H13F3N2O3/c1-12(2,16)11(20)18-5-6-3-7(9(13)19)8(10(14)15)17-4-6;1-12(2,15)11(20)17-5-6-3-7(10(18)19)8(9(13)14)16-4-6/h3-4,10H,5H2,1-2H3,(H,18,20);3-4,9H,5H2,1-2H3,(H,17,20)(H,18,19). The van der Waals surface area contributed by atoms with E-state index in [-0.39, 0.29) is 24.2 Å². The predicted molar refractivity (Wildman–Crippen MR) is 130 cm³/mol. The third-order valence-corrected chi connectivity index (χ3v) is 5.00. The summed E-state index contributed by atoms with van der Waals surface area (Å²) < 4.78 is 76.8. The Bertz CT molecular complexity index is 1150. The van der Waals surface area contributed by atoms with E-state index in [1.165, 1.54) is 0 Å². The van der Waals surface area contributed by atoms with E-state index in [4.69, 9.17) is 16.7 Å². The Hall–Kier alpha value is -3.75. The first-order valence-corrected chi connectivity index (χ1v) is 11.5. The number of carbonyl (C=O) groups excluding carboxylic acids is 3. The van der Waals surface area contributed by atoms with E-state index in [0.717, 1.165) is 52.2 Å². The molecule has 0 bridgehead atoms. The summed E-state index contributed by atoms with van der Waals surface area (Å²) in [6.45, 7) is 3.91. The number of carboxylic acids is 1. The average molecular weight is 599 g/mol. The zero-order valence-corrected chi connectivity index (χ0v) is 22.3. The van der Waals surface area contributed by atoms with Crippen LogP contribution in [-0.2, 0) is 22.7 Å². The van der Waals surface area contributed by atoms with E-state index in [2.05, 4.69) is 20.6 Å². The highest BCUT2D eigenvalue weighted by atomic mass is 35.5. The summed E-state index contributed by atoms with van der Waals surface area (Å²) in [5, 5.41) is 12.2. The molecule has 2 rings (SSSR count). The van der Waals surface area contributed by atoms with E-state index in [0.29, 0.717) is 0 Å². The number of rotatable bonds is 10. The number of hydrogen-bond donors (Lipinski definition) is 3. The normalized spacial score (nSPS) is 11.5. The predicted octanol–water partition coefficient (Wildman–Crippen LogP) is 4.84. The molecule has 0 saturated carbocycles. The van der Waals surface area contributed by atoms with E-state index in [1.54, 1.807) is 0 Å². The topological polar surface area (TPSA) is 138 Å². The Morgan fingerprint density at radius 1 is 0.800 bits per heavy atom. The summed E-state index contributed by atoms with van der Waals surface area (Å²) >= 11 is 5.20. The molecule has 0 unspecified atom stereocenters. The number of alkyl halides is 6. The molecular formula is C24H25ClF6N4O5. The van der Waals surface area contributed by atoms with E-state index >= 15 is 0 Å². The lowest BCUT2D eigenvalue weighted by atomic mass is 10.1. The molecule has 0 aliphatic heterocycles. The van der Waals surface area contributed by atoms with Gasteiger partial charge in [0.15, 0.2) is 11.3 Å². The maximum absolute atomic E-state index is 13.3. The van der Waals surface area contributed by atoms with Crippen molar-refractivity contribution >= 4 is 34.6 Å². The molecule has 0 aliphatic carbocycles. The van der Waals surface area contributed by atoms with Crippen molar-refractivity contribution in [3.05, 3.63) is 58.2 Å². The maximum atomic E-state index is 13.3. The summed E-state index contributed by atoms with van der Waals surface area (Å²) in [4.78, 5) is 51.3. The summed E-state index contributed by atoms with van der Waals surface area (Å²) in [6, 6.07) is 2.07. The largest absolute Gasteiger partial charge is 0.478 e. The van der Waals surface area contributed by atoms with Crippen LogP contribution in [0.25, 0.3) is 0 Å². The lowest BCUT2D eigenvalue weighted by Gasteiger charge is -2.14. The van der Waals surface area contributed by atoms with Gasteiger partial charge in [-0.25, -0.2) is 31.1 Å². The smallest absolute Gasteiger partial charge is 0.337 e. The number of amides is 2. The molecule has 0 fully saturated rings. The number of pyridine rings is 2. The second-order valence-corrected chi connectivity index (χ2v) is 9.39. The van der Waals surface area contributed by atoms with Crippen molar-refractivity contribution in [3.8, 4) is 0 Å². The fourth-order valence-electron chi connectivity index (χ4n) is 2.69. The second-order valence-electron chi connectivity index (χ2n) is 9.04. The van der Waals surface area contributed by atoms with Crippen LogP contribution >= 0.6 is 11.6 Å². The van der Waals surface area contributed by atoms with Crippen LogP contribution in [0.2, 0.25) is 0 Å². The minimum Gasteiger partial charge on any atom is -0.478 e. The molecule has 2 aromatic heterocycles. The van der Waals surface area contributed by atoms with Crippen LogP contribution in [0.3, 0.4) is 0 Å². The number of hydrogen-bond acceptors (Lipinski definition) is 6. The minimum absolute atomic E-state index is 0.153. The Kier molecular flexibility index (Phi) is 12.0. The number of nitrogens with one attached hydrogen (secondary N) is 2. The quantitative estimate of drug-likeness (QED) is 0.263. The van der Waals surface area contributed by atoms with Gasteiger partial charge in [-0.15, -0.1) is 0 Å². The summed E-state index contributed by atoms with van der Waals surface area (Å²) in [5.74, 6) is -3.31. The monoisotopic (exact) mass is 598 g/mol. The molecule has 2 amide bonds. The Labute approximate surface area is 229 Å². The van der Waals surface area contributed by atoms with Crippen molar-refractivity contribution in [2.24, 2.45) is 0 Å². The molecule has 3 N–H and O–H groups in total. The van der Waals surface area contributed by atoms with Gasteiger partial charge in [-0.1, -0.05) is 0 Å². The van der Waals surface area contributed by atoms with Gasteiger partial charge in [0.25, 0.3) is 29.9 Å². The van der Waals surface area contributed by atoms with Crippen LogP contribution in [0, 0.1) is 0 Å². The van der Waals surface area contributed by atoms with Gasteiger partial charge in [0.1, 0.15) is 11.4 Å². The molecule has 16 heteroatoms. The molecular weight excluding hydrogens is 574 g/mol. The number of nitrogens with zero attached hydrogens (tertiary/aromatic N) is 2. The third-order valence-electron chi connectivity index (χ3n) is 4.79. The van der Waals surface area contributed by atoms with Gasteiger partial charge in [0.05, 0.1) is 11.1 Å². The lowest BCUT2D eigenvalue weighted by molar-refractivity contribution is -0.131. The minimum atomic E-state index is -3.02. The molecule has 0 radical (unpaired) electrons. The van der Waals surface area contributed by atoms with Gasteiger partial charge in [0, 0.05) is 25.5 Å². The van der Waals surface area contributed by atoms with Crippen molar-refractivity contribution in [2.75, 3.05) is 0 Å². The maximum Gasteiger partial charge on any atom is 0.337 e. The Balaban J connectivity index is 0.000000400. The van der Waals surface area contributed by atoms with Gasteiger partial charge in [-0.3, -0.25) is 24.4 Å². The summed E-state index contributed by atoms with van der Waals surface area (Å²) in [5.41, 5.74) is -6.38. The van der Waals surface area contributed by atoms with E-state index in [1.807, 2.05) is 0 Å².